The molecule has 4 rings (SSSR count). The second-order valence-electron chi connectivity index (χ2n) is 9.01. The van der Waals surface area contributed by atoms with Crippen molar-refractivity contribution in [2.45, 2.75) is 23.5 Å². The van der Waals surface area contributed by atoms with Gasteiger partial charge < -0.3 is 10.1 Å². The maximum Gasteiger partial charge on any atom is 0.261 e. The zero-order chi connectivity index (χ0) is 28.2. The monoisotopic (exact) mass is 611 g/mol. The standard InChI is InChI=1S/C26H27Cl2N3O6S2/c1-37-23-8-4-22(5-9-23)30-39(35,36)24-10-6-21(7-11-24)29-26(32)18-12-14-31(15-13-18)38(33,34)17-19-2-3-20(27)16-25(19)28/h2-11,16,18,30H,12-15,17H2,1H3,(H,29,32). The van der Waals surface area contributed by atoms with Crippen LogP contribution in [0.5, 0.6) is 5.75 Å². The molecule has 0 bridgehead atoms. The number of hydrogen-bond donors (Lipinski definition) is 2. The van der Waals surface area contributed by atoms with Crippen LogP contribution in [0.15, 0.2) is 71.6 Å². The van der Waals surface area contributed by atoms with Gasteiger partial charge in [-0.25, -0.2) is 21.1 Å². The topological polar surface area (TPSA) is 122 Å². The third kappa shape index (κ3) is 7.43. The SMILES string of the molecule is COc1ccc(NS(=O)(=O)c2ccc(NC(=O)C3CCN(S(=O)(=O)Cc4ccc(Cl)cc4Cl)CC3)cc2)cc1. The van der Waals surface area contributed by atoms with Gasteiger partial charge in [0.25, 0.3) is 10.0 Å². The van der Waals surface area contributed by atoms with Gasteiger partial charge in [-0.3, -0.25) is 9.52 Å². The molecule has 3 aromatic rings. The summed E-state index contributed by atoms with van der Waals surface area (Å²) < 4.78 is 60.1. The highest BCUT2D eigenvalue weighted by molar-refractivity contribution is 7.92. The summed E-state index contributed by atoms with van der Waals surface area (Å²) in [6.07, 6.45) is 0.718. The fourth-order valence-corrected chi connectivity index (χ4v) is 7.37. The van der Waals surface area contributed by atoms with Crippen LogP contribution in [-0.4, -0.2) is 47.2 Å². The highest BCUT2D eigenvalue weighted by atomic mass is 35.5. The Bertz CT molecular complexity index is 1540. The molecule has 0 radical (unpaired) electrons. The molecule has 0 atom stereocenters. The van der Waals surface area contributed by atoms with E-state index in [9.17, 15) is 21.6 Å². The Balaban J connectivity index is 1.31. The molecule has 1 saturated heterocycles. The van der Waals surface area contributed by atoms with Gasteiger partial charge in [0.2, 0.25) is 15.9 Å². The number of rotatable bonds is 9. The van der Waals surface area contributed by atoms with Crippen LogP contribution in [0.4, 0.5) is 11.4 Å². The molecule has 0 aromatic heterocycles. The number of benzene rings is 3. The van der Waals surface area contributed by atoms with Crippen LogP contribution < -0.4 is 14.8 Å². The molecule has 39 heavy (non-hydrogen) atoms. The number of carbonyl (C=O) groups is 1. The van der Waals surface area contributed by atoms with Gasteiger partial charge in [-0.15, -0.1) is 0 Å². The molecule has 13 heteroatoms. The summed E-state index contributed by atoms with van der Waals surface area (Å²) in [6, 6.07) is 17.0. The summed E-state index contributed by atoms with van der Waals surface area (Å²) in [4.78, 5) is 12.9. The zero-order valence-corrected chi connectivity index (χ0v) is 24.1. The van der Waals surface area contributed by atoms with E-state index in [-0.39, 0.29) is 40.6 Å². The number of hydrogen-bond acceptors (Lipinski definition) is 6. The van der Waals surface area contributed by atoms with Crippen LogP contribution >= 0.6 is 23.2 Å². The van der Waals surface area contributed by atoms with E-state index in [4.69, 9.17) is 27.9 Å². The molecule has 9 nitrogen and oxygen atoms in total. The number of nitrogens with zero attached hydrogens (tertiary/aromatic N) is 1. The van der Waals surface area contributed by atoms with Gasteiger partial charge in [0.15, 0.2) is 0 Å². The lowest BCUT2D eigenvalue weighted by atomic mass is 9.97. The Labute approximate surface area is 238 Å². The van der Waals surface area contributed by atoms with Gasteiger partial charge in [-0.2, -0.15) is 0 Å². The lowest BCUT2D eigenvalue weighted by Crippen LogP contribution is -2.41. The highest BCUT2D eigenvalue weighted by Crippen LogP contribution is 2.27. The molecule has 208 valence electrons. The van der Waals surface area contributed by atoms with Crippen LogP contribution in [0.3, 0.4) is 0 Å². The number of ether oxygens (including phenoxy) is 1. The smallest absolute Gasteiger partial charge is 0.261 e. The second-order valence-corrected chi connectivity index (χ2v) is 13.5. The van der Waals surface area contributed by atoms with Gasteiger partial charge in [0, 0.05) is 40.4 Å². The molecule has 0 spiro atoms. The number of anilines is 2. The van der Waals surface area contributed by atoms with Gasteiger partial charge in [-0.1, -0.05) is 29.3 Å². The Kier molecular flexibility index (Phi) is 9.07. The Hall–Kier alpha value is -2.83. The van der Waals surface area contributed by atoms with E-state index in [1.807, 2.05) is 0 Å². The largest absolute Gasteiger partial charge is 0.497 e. The first-order chi connectivity index (χ1) is 18.5. The first-order valence-corrected chi connectivity index (χ1v) is 15.8. The maximum atomic E-state index is 12.9. The second kappa shape index (κ2) is 12.1. The molecule has 0 unspecified atom stereocenters. The van der Waals surface area contributed by atoms with Gasteiger partial charge in [0.05, 0.1) is 17.8 Å². The molecule has 1 aliphatic heterocycles. The van der Waals surface area contributed by atoms with Crippen molar-refractivity contribution in [1.82, 2.24) is 4.31 Å². The van der Waals surface area contributed by atoms with E-state index >= 15 is 0 Å². The number of nitrogens with one attached hydrogen (secondary N) is 2. The lowest BCUT2D eigenvalue weighted by molar-refractivity contribution is -0.120. The van der Waals surface area contributed by atoms with Crippen molar-refractivity contribution >= 4 is 60.5 Å². The average molecular weight is 613 g/mol. The first kappa shape index (κ1) is 29.2. The molecule has 0 aliphatic carbocycles. The zero-order valence-electron chi connectivity index (χ0n) is 20.9. The van der Waals surface area contributed by atoms with Crippen molar-refractivity contribution in [2.75, 3.05) is 30.2 Å². The van der Waals surface area contributed by atoms with Crippen molar-refractivity contribution in [3.8, 4) is 5.75 Å². The minimum atomic E-state index is -3.83. The number of sulfonamides is 2. The molecule has 1 aliphatic rings. The minimum Gasteiger partial charge on any atom is -0.497 e. The molecule has 1 heterocycles. The molecule has 0 saturated carbocycles. The Morgan fingerprint density at radius 1 is 0.923 bits per heavy atom. The lowest BCUT2D eigenvalue weighted by Gasteiger charge is -2.30. The van der Waals surface area contributed by atoms with Gasteiger partial charge in [0.1, 0.15) is 5.75 Å². The Morgan fingerprint density at radius 3 is 2.13 bits per heavy atom. The third-order valence-corrected chi connectivity index (χ3v) is 10.2. The summed E-state index contributed by atoms with van der Waals surface area (Å²) in [7, 11) is -5.93. The average Bonchev–Trinajstić information content (AvgIpc) is 2.91. The number of piperidine rings is 1. The van der Waals surface area contributed by atoms with E-state index in [1.54, 1.807) is 36.4 Å². The molecule has 3 aromatic carbocycles. The fourth-order valence-electron chi connectivity index (χ4n) is 4.16. The number of halogens is 2. The van der Waals surface area contributed by atoms with Crippen molar-refractivity contribution in [3.63, 3.8) is 0 Å². The molecular weight excluding hydrogens is 585 g/mol. The maximum absolute atomic E-state index is 12.9. The number of methoxy groups -OCH3 is 1. The summed E-state index contributed by atoms with van der Waals surface area (Å²) in [5.74, 6) is -0.272. The van der Waals surface area contributed by atoms with E-state index in [2.05, 4.69) is 10.0 Å². The van der Waals surface area contributed by atoms with Crippen LogP contribution in [0, 0.1) is 5.92 Å². The Morgan fingerprint density at radius 2 is 1.54 bits per heavy atom. The van der Waals surface area contributed by atoms with Crippen LogP contribution in [0.2, 0.25) is 10.0 Å². The summed E-state index contributed by atoms with van der Waals surface area (Å²) in [5, 5.41) is 3.51. The third-order valence-electron chi connectivity index (χ3n) is 6.35. The van der Waals surface area contributed by atoms with Crippen LogP contribution in [0.1, 0.15) is 18.4 Å². The number of carbonyl (C=O) groups excluding carboxylic acids is 1. The summed E-state index contributed by atoms with van der Waals surface area (Å²) in [5.41, 5.74) is 1.29. The molecule has 1 fully saturated rings. The first-order valence-electron chi connectivity index (χ1n) is 12.0. The van der Waals surface area contributed by atoms with Crippen molar-refractivity contribution in [1.29, 1.82) is 0 Å². The number of amides is 1. The quantitative estimate of drug-likeness (QED) is 0.352. The van der Waals surface area contributed by atoms with E-state index in [0.717, 1.165) is 0 Å². The van der Waals surface area contributed by atoms with E-state index in [1.165, 1.54) is 41.7 Å². The predicted molar refractivity (Wildman–Crippen MR) is 152 cm³/mol. The fraction of sp³-hybridized carbons (Fsp3) is 0.269. The van der Waals surface area contributed by atoms with Crippen LogP contribution in [0.25, 0.3) is 0 Å². The normalized spacial score (nSPS) is 15.1. The van der Waals surface area contributed by atoms with Crippen LogP contribution in [-0.2, 0) is 30.6 Å². The molecule has 1 amide bonds. The van der Waals surface area contributed by atoms with E-state index < -0.39 is 20.0 Å². The van der Waals surface area contributed by atoms with Crippen molar-refractivity contribution in [3.05, 3.63) is 82.3 Å². The minimum absolute atomic E-state index is 0.0376. The molecule has 2 N–H and O–H groups in total. The highest BCUT2D eigenvalue weighted by Gasteiger charge is 2.31. The summed E-state index contributed by atoms with van der Waals surface area (Å²) in [6.45, 7) is 0.416. The predicted octanol–water partition coefficient (Wildman–Crippen LogP) is 4.98. The molecular formula is C26H27Cl2N3O6S2. The van der Waals surface area contributed by atoms with Crippen molar-refractivity contribution < 1.29 is 26.4 Å². The van der Waals surface area contributed by atoms with E-state index in [0.29, 0.717) is 40.6 Å². The van der Waals surface area contributed by atoms with Crippen molar-refractivity contribution in [2.24, 2.45) is 5.92 Å². The summed E-state index contributed by atoms with van der Waals surface area (Å²) >= 11 is 12.0. The van der Waals surface area contributed by atoms with Gasteiger partial charge >= 0.3 is 0 Å². The van der Waals surface area contributed by atoms with Gasteiger partial charge in [-0.05, 0) is 79.1 Å².